The van der Waals surface area contributed by atoms with Crippen LogP contribution >= 0.6 is 11.6 Å². The van der Waals surface area contributed by atoms with Gasteiger partial charge < -0.3 is 20.3 Å². The number of hydrogen-bond donors (Lipinski definition) is 2. The third-order valence-electron chi connectivity index (χ3n) is 4.41. The fraction of sp³-hybridized carbons (Fsp3) is 0.353. The molecule has 0 saturated carbocycles. The second-order valence-electron chi connectivity index (χ2n) is 5.89. The van der Waals surface area contributed by atoms with E-state index in [9.17, 15) is 4.79 Å². The van der Waals surface area contributed by atoms with Gasteiger partial charge in [0, 0.05) is 35.1 Å². The standard InChI is InChI=1S/C17H18ClN3O2/c18-11-1-3-13-15(9-11)19-16-10-12(21-5-7-23-8-6-21)2-4-14(16)20-17(13)22/h2,4,9-10,19H,1,3,5-8H2,(H,20,22). The first-order chi connectivity index (χ1) is 11.2. The number of amides is 1. The number of halogens is 1. The molecule has 2 aliphatic heterocycles. The number of hydrogen-bond acceptors (Lipinski definition) is 4. The summed E-state index contributed by atoms with van der Waals surface area (Å²) in [5.74, 6) is -0.0502. The lowest BCUT2D eigenvalue weighted by Gasteiger charge is -2.29. The van der Waals surface area contributed by atoms with Gasteiger partial charge in [0.05, 0.1) is 24.6 Å². The Labute approximate surface area is 139 Å². The van der Waals surface area contributed by atoms with Gasteiger partial charge in [-0.3, -0.25) is 4.79 Å². The number of nitrogens with zero attached hydrogens (tertiary/aromatic N) is 1. The summed E-state index contributed by atoms with van der Waals surface area (Å²) in [5.41, 5.74) is 4.39. The predicted octanol–water partition coefficient (Wildman–Crippen LogP) is 3.06. The molecule has 1 saturated heterocycles. The van der Waals surface area contributed by atoms with Gasteiger partial charge in [-0.1, -0.05) is 11.6 Å². The molecule has 1 aromatic rings. The minimum absolute atomic E-state index is 0.0502. The van der Waals surface area contributed by atoms with Gasteiger partial charge in [-0.15, -0.1) is 0 Å². The van der Waals surface area contributed by atoms with Crippen molar-refractivity contribution in [1.29, 1.82) is 0 Å². The molecular formula is C17H18ClN3O2. The average Bonchev–Trinajstić information content (AvgIpc) is 2.70. The van der Waals surface area contributed by atoms with Crippen LogP contribution in [0.1, 0.15) is 12.8 Å². The van der Waals surface area contributed by atoms with E-state index in [1.54, 1.807) is 0 Å². The number of carbonyl (C=O) groups excluding carboxylic acids is 1. The molecule has 5 nitrogen and oxygen atoms in total. The second kappa shape index (κ2) is 5.91. The molecule has 1 aromatic carbocycles. The molecular weight excluding hydrogens is 314 g/mol. The second-order valence-corrected chi connectivity index (χ2v) is 6.38. The van der Waals surface area contributed by atoms with Crippen LogP contribution in [0.3, 0.4) is 0 Å². The van der Waals surface area contributed by atoms with E-state index < -0.39 is 0 Å². The van der Waals surface area contributed by atoms with Gasteiger partial charge in [0.25, 0.3) is 5.91 Å². The molecule has 2 N–H and O–H groups in total. The fourth-order valence-corrected chi connectivity index (χ4v) is 3.35. The van der Waals surface area contributed by atoms with Crippen molar-refractivity contribution < 1.29 is 9.53 Å². The molecule has 0 radical (unpaired) electrons. The number of ether oxygens (including phenoxy) is 1. The summed E-state index contributed by atoms with van der Waals surface area (Å²) < 4.78 is 5.41. The summed E-state index contributed by atoms with van der Waals surface area (Å²) in [7, 11) is 0. The minimum atomic E-state index is -0.0502. The van der Waals surface area contributed by atoms with Crippen LogP contribution in [-0.4, -0.2) is 32.2 Å². The monoisotopic (exact) mass is 331 g/mol. The van der Waals surface area contributed by atoms with E-state index in [2.05, 4.69) is 21.6 Å². The number of carbonyl (C=O) groups is 1. The van der Waals surface area contributed by atoms with Crippen molar-refractivity contribution in [3.8, 4) is 0 Å². The Bertz CT molecular complexity index is 721. The molecule has 1 fully saturated rings. The lowest BCUT2D eigenvalue weighted by molar-refractivity contribution is -0.113. The lowest BCUT2D eigenvalue weighted by atomic mass is 10.0. The van der Waals surface area contributed by atoms with E-state index in [4.69, 9.17) is 16.3 Å². The Kier molecular flexibility index (Phi) is 3.75. The highest BCUT2D eigenvalue weighted by molar-refractivity contribution is 6.30. The molecule has 0 bridgehead atoms. The van der Waals surface area contributed by atoms with Gasteiger partial charge in [0.15, 0.2) is 0 Å². The zero-order valence-electron chi connectivity index (χ0n) is 12.7. The predicted molar refractivity (Wildman–Crippen MR) is 91.9 cm³/mol. The number of fused-ring (bicyclic) bond motifs is 1. The minimum Gasteiger partial charge on any atom is -0.378 e. The van der Waals surface area contributed by atoms with Crippen LogP contribution in [0, 0.1) is 0 Å². The van der Waals surface area contributed by atoms with E-state index >= 15 is 0 Å². The van der Waals surface area contributed by atoms with Crippen molar-refractivity contribution in [3.63, 3.8) is 0 Å². The number of nitrogens with one attached hydrogen (secondary N) is 2. The smallest absolute Gasteiger partial charge is 0.253 e. The Morgan fingerprint density at radius 3 is 2.74 bits per heavy atom. The highest BCUT2D eigenvalue weighted by atomic mass is 35.5. The van der Waals surface area contributed by atoms with Gasteiger partial charge in [0.1, 0.15) is 0 Å². The Balaban J connectivity index is 1.69. The van der Waals surface area contributed by atoms with Crippen molar-refractivity contribution >= 4 is 34.6 Å². The van der Waals surface area contributed by atoms with Gasteiger partial charge >= 0.3 is 0 Å². The molecule has 23 heavy (non-hydrogen) atoms. The van der Waals surface area contributed by atoms with Crippen LogP contribution in [0.2, 0.25) is 0 Å². The number of benzene rings is 1. The Hall–Kier alpha value is -1.98. The summed E-state index contributed by atoms with van der Waals surface area (Å²) in [5, 5.41) is 7.15. The summed E-state index contributed by atoms with van der Waals surface area (Å²) in [4.78, 5) is 14.7. The third kappa shape index (κ3) is 2.82. The van der Waals surface area contributed by atoms with E-state index in [0.717, 1.165) is 59.7 Å². The molecule has 0 atom stereocenters. The number of rotatable bonds is 1. The highest BCUT2D eigenvalue weighted by Crippen LogP contribution is 2.36. The third-order valence-corrected chi connectivity index (χ3v) is 4.71. The van der Waals surface area contributed by atoms with Crippen LogP contribution in [0.15, 0.2) is 40.6 Å². The molecule has 120 valence electrons. The molecule has 4 rings (SSSR count). The summed E-state index contributed by atoms with van der Waals surface area (Å²) >= 11 is 6.15. The Morgan fingerprint density at radius 2 is 1.91 bits per heavy atom. The topological polar surface area (TPSA) is 53.6 Å². The first-order valence-electron chi connectivity index (χ1n) is 7.85. The molecule has 1 aliphatic carbocycles. The zero-order chi connectivity index (χ0) is 15.8. The van der Waals surface area contributed by atoms with Gasteiger partial charge in [-0.2, -0.15) is 0 Å². The largest absolute Gasteiger partial charge is 0.378 e. The van der Waals surface area contributed by atoms with E-state index in [1.807, 2.05) is 18.2 Å². The molecule has 0 unspecified atom stereocenters. The molecule has 3 aliphatic rings. The van der Waals surface area contributed by atoms with Crippen molar-refractivity contribution in [3.05, 3.63) is 40.6 Å². The molecule has 0 spiro atoms. The van der Waals surface area contributed by atoms with Crippen molar-refractivity contribution in [2.24, 2.45) is 0 Å². The van der Waals surface area contributed by atoms with E-state index in [1.165, 1.54) is 0 Å². The van der Waals surface area contributed by atoms with Crippen LogP contribution in [0.25, 0.3) is 0 Å². The van der Waals surface area contributed by atoms with Gasteiger partial charge in [0.2, 0.25) is 0 Å². The first-order valence-corrected chi connectivity index (χ1v) is 8.23. The SMILES string of the molecule is O=C1Nc2ccc(N3CCOCC3)cc2NC2=C1CCC(Cl)=C2. The first kappa shape index (κ1) is 14.6. The van der Waals surface area contributed by atoms with Gasteiger partial charge in [-0.25, -0.2) is 0 Å². The molecule has 2 heterocycles. The van der Waals surface area contributed by atoms with E-state index in [-0.39, 0.29) is 5.91 Å². The quantitative estimate of drug-likeness (QED) is 0.830. The number of allylic oxidation sites excluding steroid dienone is 2. The maximum absolute atomic E-state index is 12.4. The van der Waals surface area contributed by atoms with Crippen molar-refractivity contribution in [2.45, 2.75) is 12.8 Å². The van der Waals surface area contributed by atoms with Crippen molar-refractivity contribution in [2.75, 3.05) is 41.8 Å². The summed E-state index contributed by atoms with van der Waals surface area (Å²) in [6.07, 6.45) is 3.23. The summed E-state index contributed by atoms with van der Waals surface area (Å²) in [6.45, 7) is 3.25. The maximum Gasteiger partial charge on any atom is 0.253 e. The summed E-state index contributed by atoms with van der Waals surface area (Å²) in [6, 6.07) is 6.07. The zero-order valence-corrected chi connectivity index (χ0v) is 13.4. The molecule has 6 heteroatoms. The number of anilines is 3. The highest BCUT2D eigenvalue weighted by Gasteiger charge is 2.24. The van der Waals surface area contributed by atoms with Crippen LogP contribution in [0.5, 0.6) is 0 Å². The van der Waals surface area contributed by atoms with Crippen LogP contribution < -0.4 is 15.5 Å². The lowest BCUT2D eigenvalue weighted by Crippen LogP contribution is -2.36. The van der Waals surface area contributed by atoms with Crippen molar-refractivity contribution in [1.82, 2.24) is 0 Å². The van der Waals surface area contributed by atoms with E-state index in [0.29, 0.717) is 12.8 Å². The number of morpholine rings is 1. The van der Waals surface area contributed by atoms with Gasteiger partial charge in [-0.05, 0) is 37.1 Å². The fourth-order valence-electron chi connectivity index (χ4n) is 3.15. The average molecular weight is 332 g/mol. The van der Waals surface area contributed by atoms with Crippen LogP contribution in [-0.2, 0) is 9.53 Å². The molecule has 0 aromatic heterocycles. The molecule has 1 amide bonds. The van der Waals surface area contributed by atoms with Crippen LogP contribution in [0.4, 0.5) is 17.1 Å². The normalized spacial score (nSPS) is 20.8. The maximum atomic E-state index is 12.4. The Morgan fingerprint density at radius 1 is 1.09 bits per heavy atom.